The minimum Gasteiger partial charge on any atom is -0.390 e. The molecular formula is C14H23BrN2O2. The number of aliphatic hydroxyl groups is 1. The molecule has 0 saturated heterocycles. The van der Waals surface area contributed by atoms with E-state index in [4.69, 9.17) is 4.74 Å². The van der Waals surface area contributed by atoms with Gasteiger partial charge < -0.3 is 9.84 Å². The van der Waals surface area contributed by atoms with E-state index < -0.39 is 6.10 Å². The summed E-state index contributed by atoms with van der Waals surface area (Å²) in [5.74, 6) is 0. The fourth-order valence-electron chi connectivity index (χ4n) is 3.11. The van der Waals surface area contributed by atoms with E-state index in [0.29, 0.717) is 13.0 Å². The van der Waals surface area contributed by atoms with E-state index in [1.54, 1.807) is 0 Å². The van der Waals surface area contributed by atoms with E-state index in [9.17, 15) is 5.11 Å². The fourth-order valence-corrected chi connectivity index (χ4v) is 3.60. The summed E-state index contributed by atoms with van der Waals surface area (Å²) in [6.45, 7) is 4.62. The molecule has 1 aromatic rings. The maximum Gasteiger partial charge on any atom is 0.0943 e. The first-order valence-electron chi connectivity index (χ1n) is 7.00. The molecule has 1 saturated carbocycles. The third-order valence-electron chi connectivity index (χ3n) is 4.14. The zero-order chi connectivity index (χ0) is 14.0. The lowest BCUT2D eigenvalue weighted by atomic mass is 9.91. The van der Waals surface area contributed by atoms with Crippen LogP contribution < -0.4 is 0 Å². The van der Waals surface area contributed by atoms with Crippen LogP contribution in [0.1, 0.15) is 44.0 Å². The first-order valence-corrected chi connectivity index (χ1v) is 7.79. The van der Waals surface area contributed by atoms with Crippen molar-refractivity contribution in [3.05, 3.63) is 15.9 Å². The van der Waals surface area contributed by atoms with E-state index in [1.807, 2.05) is 25.6 Å². The average Bonchev–Trinajstić information content (AvgIpc) is 2.92. The van der Waals surface area contributed by atoms with Crippen molar-refractivity contribution >= 4 is 15.9 Å². The monoisotopic (exact) mass is 330 g/mol. The standard InChI is InChI=1S/C14H23BrN2O2/c1-4-19-14(7-5-6-8-14)12(18)9-11-13(15)10(2)16-17(11)3/h12,18H,4-9H2,1-3H3. The van der Waals surface area contributed by atoms with Crippen LogP contribution in [0.3, 0.4) is 0 Å². The minimum absolute atomic E-state index is 0.355. The van der Waals surface area contributed by atoms with Crippen molar-refractivity contribution in [1.29, 1.82) is 0 Å². The highest BCUT2D eigenvalue weighted by Gasteiger charge is 2.42. The van der Waals surface area contributed by atoms with Gasteiger partial charge in [-0.3, -0.25) is 4.68 Å². The number of rotatable bonds is 5. The molecule has 0 radical (unpaired) electrons. The molecule has 1 unspecified atom stereocenters. The van der Waals surface area contributed by atoms with E-state index in [-0.39, 0.29) is 5.60 Å². The summed E-state index contributed by atoms with van der Waals surface area (Å²) >= 11 is 3.56. The summed E-state index contributed by atoms with van der Waals surface area (Å²) in [6.07, 6.45) is 4.30. The number of aryl methyl sites for hydroxylation is 2. The highest BCUT2D eigenvalue weighted by molar-refractivity contribution is 9.10. The summed E-state index contributed by atoms with van der Waals surface area (Å²) in [4.78, 5) is 0. The quantitative estimate of drug-likeness (QED) is 0.902. The van der Waals surface area contributed by atoms with Crippen molar-refractivity contribution in [3.8, 4) is 0 Å². The van der Waals surface area contributed by atoms with E-state index >= 15 is 0 Å². The molecule has 1 N–H and O–H groups in total. The molecule has 0 bridgehead atoms. The van der Waals surface area contributed by atoms with Gasteiger partial charge in [-0.25, -0.2) is 0 Å². The molecule has 1 fully saturated rings. The SMILES string of the molecule is CCOC1(C(O)Cc2c(Br)c(C)nn2C)CCCC1. The van der Waals surface area contributed by atoms with Gasteiger partial charge in [0.05, 0.1) is 27.6 Å². The maximum atomic E-state index is 10.7. The van der Waals surface area contributed by atoms with Crippen molar-refractivity contribution in [2.24, 2.45) is 7.05 Å². The fraction of sp³-hybridized carbons (Fsp3) is 0.786. The van der Waals surface area contributed by atoms with Crippen LogP contribution in [-0.2, 0) is 18.2 Å². The predicted octanol–water partition coefficient (Wildman–Crippen LogP) is 2.74. The van der Waals surface area contributed by atoms with Crippen LogP contribution in [0.15, 0.2) is 4.47 Å². The van der Waals surface area contributed by atoms with Crippen LogP contribution in [0.2, 0.25) is 0 Å². The summed E-state index contributed by atoms with van der Waals surface area (Å²) in [7, 11) is 1.92. The van der Waals surface area contributed by atoms with Crippen LogP contribution in [0.4, 0.5) is 0 Å². The number of aliphatic hydroxyl groups excluding tert-OH is 1. The first-order chi connectivity index (χ1) is 9.00. The Bertz CT molecular complexity index is 439. The number of ether oxygens (including phenoxy) is 1. The van der Waals surface area contributed by atoms with Crippen molar-refractivity contribution in [1.82, 2.24) is 9.78 Å². The van der Waals surface area contributed by atoms with Crippen LogP contribution in [-0.4, -0.2) is 33.2 Å². The van der Waals surface area contributed by atoms with Gasteiger partial charge >= 0.3 is 0 Å². The zero-order valence-electron chi connectivity index (χ0n) is 11.9. The Morgan fingerprint density at radius 3 is 2.58 bits per heavy atom. The molecule has 1 heterocycles. The number of halogens is 1. The third-order valence-corrected chi connectivity index (χ3v) is 5.17. The Morgan fingerprint density at radius 1 is 1.47 bits per heavy atom. The molecule has 0 aliphatic heterocycles. The molecule has 0 aromatic carbocycles. The van der Waals surface area contributed by atoms with E-state index in [1.165, 1.54) is 0 Å². The van der Waals surface area contributed by atoms with Crippen LogP contribution in [0.25, 0.3) is 0 Å². The van der Waals surface area contributed by atoms with Gasteiger partial charge in [0.1, 0.15) is 0 Å². The Balaban J connectivity index is 2.17. The molecule has 0 amide bonds. The van der Waals surface area contributed by atoms with Crippen molar-refractivity contribution < 1.29 is 9.84 Å². The predicted molar refractivity (Wildman–Crippen MR) is 78.2 cm³/mol. The van der Waals surface area contributed by atoms with Gasteiger partial charge in [-0.05, 0) is 42.6 Å². The van der Waals surface area contributed by atoms with Gasteiger partial charge in [-0.1, -0.05) is 12.8 Å². The highest BCUT2D eigenvalue weighted by atomic mass is 79.9. The van der Waals surface area contributed by atoms with Gasteiger partial charge in [0.15, 0.2) is 0 Å². The molecule has 1 aliphatic rings. The van der Waals surface area contributed by atoms with Gasteiger partial charge in [0, 0.05) is 20.1 Å². The summed E-state index contributed by atoms with van der Waals surface area (Å²) in [5.41, 5.74) is 1.64. The second-order valence-electron chi connectivity index (χ2n) is 5.39. The van der Waals surface area contributed by atoms with E-state index in [2.05, 4.69) is 21.0 Å². The first kappa shape index (κ1) is 15.0. The Hall–Kier alpha value is -0.390. The molecule has 19 heavy (non-hydrogen) atoms. The van der Waals surface area contributed by atoms with Crippen molar-refractivity contribution in [2.75, 3.05) is 6.61 Å². The van der Waals surface area contributed by atoms with Gasteiger partial charge in [0.2, 0.25) is 0 Å². The normalized spacial score (nSPS) is 19.8. The molecule has 108 valence electrons. The average molecular weight is 331 g/mol. The number of aromatic nitrogens is 2. The van der Waals surface area contributed by atoms with Gasteiger partial charge in [-0.15, -0.1) is 0 Å². The smallest absolute Gasteiger partial charge is 0.0943 e. The second-order valence-corrected chi connectivity index (χ2v) is 6.19. The molecule has 5 heteroatoms. The van der Waals surface area contributed by atoms with Crippen molar-refractivity contribution in [2.45, 2.75) is 57.7 Å². The summed E-state index contributed by atoms with van der Waals surface area (Å²) in [5, 5.41) is 15.0. The van der Waals surface area contributed by atoms with E-state index in [0.717, 1.165) is 41.5 Å². The Morgan fingerprint density at radius 2 is 2.11 bits per heavy atom. The lowest BCUT2D eigenvalue weighted by Gasteiger charge is -2.34. The number of hydrogen-bond donors (Lipinski definition) is 1. The summed E-state index contributed by atoms with van der Waals surface area (Å²) < 4.78 is 8.76. The lowest BCUT2D eigenvalue weighted by Crippen LogP contribution is -2.44. The molecule has 1 atom stereocenters. The Kier molecular flexibility index (Phi) is 4.69. The Labute approximate surface area is 123 Å². The molecule has 1 aliphatic carbocycles. The lowest BCUT2D eigenvalue weighted by molar-refractivity contribution is -0.116. The summed E-state index contributed by atoms with van der Waals surface area (Å²) in [6, 6.07) is 0. The van der Waals surface area contributed by atoms with Gasteiger partial charge in [0.25, 0.3) is 0 Å². The number of hydrogen-bond acceptors (Lipinski definition) is 3. The maximum absolute atomic E-state index is 10.7. The van der Waals surface area contributed by atoms with Crippen LogP contribution >= 0.6 is 15.9 Å². The molecule has 2 rings (SSSR count). The van der Waals surface area contributed by atoms with Crippen LogP contribution in [0, 0.1) is 6.92 Å². The zero-order valence-corrected chi connectivity index (χ0v) is 13.5. The molecule has 0 spiro atoms. The largest absolute Gasteiger partial charge is 0.390 e. The molecule has 4 nitrogen and oxygen atoms in total. The van der Waals surface area contributed by atoms with Crippen molar-refractivity contribution in [3.63, 3.8) is 0 Å². The van der Waals surface area contributed by atoms with Crippen LogP contribution in [0.5, 0.6) is 0 Å². The topological polar surface area (TPSA) is 47.3 Å². The highest BCUT2D eigenvalue weighted by Crippen LogP contribution is 2.38. The van der Waals surface area contributed by atoms with Gasteiger partial charge in [-0.2, -0.15) is 5.10 Å². The molecule has 1 aromatic heterocycles. The second kappa shape index (κ2) is 5.94. The third kappa shape index (κ3) is 2.88. The molecular weight excluding hydrogens is 308 g/mol. The minimum atomic E-state index is -0.471. The number of nitrogens with zero attached hydrogens (tertiary/aromatic N) is 2.